The predicted molar refractivity (Wildman–Crippen MR) is 80.4 cm³/mol. The Bertz CT molecular complexity index is 515. The van der Waals surface area contributed by atoms with Crippen molar-refractivity contribution in [3.8, 4) is 0 Å². The number of hydrogen-bond donors (Lipinski definition) is 0. The van der Waals surface area contributed by atoms with Crippen LogP contribution in [0.1, 0.15) is 27.9 Å². The van der Waals surface area contributed by atoms with Gasteiger partial charge < -0.3 is 4.57 Å². The normalized spacial score (nSPS) is 10.7. The molecule has 0 saturated heterocycles. The molecule has 0 N–H and O–H groups in total. The first-order chi connectivity index (χ1) is 8.27. The van der Waals surface area contributed by atoms with Crippen LogP contribution in [0.4, 0.5) is 0 Å². The first kappa shape index (κ1) is 12.8. The van der Waals surface area contributed by atoms with Gasteiger partial charge in [0.2, 0.25) is 5.78 Å². The van der Waals surface area contributed by atoms with Crippen LogP contribution < -0.4 is 0 Å². The van der Waals surface area contributed by atoms with E-state index in [9.17, 15) is 4.79 Å². The van der Waals surface area contributed by atoms with Gasteiger partial charge in [0.25, 0.3) is 0 Å². The Balaban J connectivity index is 2.34. The van der Waals surface area contributed by atoms with Crippen LogP contribution in [0.5, 0.6) is 0 Å². The Morgan fingerprint density at radius 3 is 3.00 bits per heavy atom. The average Bonchev–Trinajstić information content (AvgIpc) is 2.96. The summed E-state index contributed by atoms with van der Waals surface area (Å²) in [6.45, 7) is 2.98. The summed E-state index contributed by atoms with van der Waals surface area (Å²) in [5.41, 5.74) is 1.96. The van der Waals surface area contributed by atoms with Gasteiger partial charge in [0.1, 0.15) is 0 Å². The molecule has 2 nitrogen and oxygen atoms in total. The van der Waals surface area contributed by atoms with Gasteiger partial charge in [-0.1, -0.05) is 29.5 Å². The Morgan fingerprint density at radius 2 is 2.29 bits per heavy atom. The number of ketones is 1. The molecule has 0 fully saturated rings. The van der Waals surface area contributed by atoms with Crippen LogP contribution in [0.25, 0.3) is 0 Å². The van der Waals surface area contributed by atoms with Crippen molar-refractivity contribution in [1.82, 2.24) is 4.57 Å². The number of thiophene rings is 1. The standard InChI is InChI=1S/C13H14INOS/c1-2-10-5-9-17-13(10)12(16)11-4-3-7-15(11)8-6-14/h3-5,7,9H,2,6,8H2,1H3. The number of rotatable bonds is 5. The quantitative estimate of drug-likeness (QED) is 0.453. The molecule has 4 heteroatoms. The van der Waals surface area contributed by atoms with Gasteiger partial charge in [0.15, 0.2) is 0 Å². The molecule has 2 rings (SSSR count). The van der Waals surface area contributed by atoms with Crippen molar-refractivity contribution in [3.63, 3.8) is 0 Å². The SMILES string of the molecule is CCc1ccsc1C(=O)c1cccn1CCI. The van der Waals surface area contributed by atoms with Crippen molar-refractivity contribution < 1.29 is 4.79 Å². The van der Waals surface area contributed by atoms with Crippen LogP contribution in [-0.2, 0) is 13.0 Å². The van der Waals surface area contributed by atoms with E-state index in [1.807, 2.05) is 34.3 Å². The second-order valence-electron chi connectivity index (χ2n) is 3.73. The van der Waals surface area contributed by atoms with Crippen molar-refractivity contribution in [2.24, 2.45) is 0 Å². The molecule has 2 aromatic rings. The molecule has 0 amide bonds. The van der Waals surface area contributed by atoms with Crippen molar-refractivity contribution in [2.45, 2.75) is 19.9 Å². The highest BCUT2D eigenvalue weighted by Crippen LogP contribution is 2.21. The second-order valence-corrected chi connectivity index (χ2v) is 5.73. The predicted octanol–water partition coefficient (Wildman–Crippen LogP) is 3.78. The number of aryl methyl sites for hydroxylation is 2. The summed E-state index contributed by atoms with van der Waals surface area (Å²) in [5.74, 6) is 0.159. The van der Waals surface area contributed by atoms with Gasteiger partial charge in [0.05, 0.1) is 10.6 Å². The van der Waals surface area contributed by atoms with Crippen molar-refractivity contribution >= 4 is 39.7 Å². The lowest BCUT2D eigenvalue weighted by molar-refractivity contribution is 0.103. The summed E-state index contributed by atoms with van der Waals surface area (Å²) in [6.07, 6.45) is 2.89. The van der Waals surface area contributed by atoms with Crippen LogP contribution in [0.2, 0.25) is 0 Å². The molecular weight excluding hydrogens is 345 g/mol. The third-order valence-corrected chi connectivity index (χ3v) is 4.16. The van der Waals surface area contributed by atoms with Crippen molar-refractivity contribution in [2.75, 3.05) is 4.43 Å². The van der Waals surface area contributed by atoms with E-state index in [1.54, 1.807) is 11.3 Å². The fourth-order valence-corrected chi connectivity index (χ4v) is 3.30. The van der Waals surface area contributed by atoms with Crippen LogP contribution in [0, 0.1) is 0 Å². The van der Waals surface area contributed by atoms with Gasteiger partial charge in [-0.25, -0.2) is 0 Å². The Hall–Kier alpha value is -0.620. The van der Waals surface area contributed by atoms with Gasteiger partial charge in [-0.2, -0.15) is 0 Å². The van der Waals surface area contributed by atoms with Crippen molar-refractivity contribution in [1.29, 1.82) is 0 Å². The van der Waals surface area contributed by atoms with E-state index in [0.29, 0.717) is 0 Å². The van der Waals surface area contributed by atoms with E-state index in [1.165, 1.54) is 0 Å². The summed E-state index contributed by atoms with van der Waals surface area (Å²) < 4.78 is 3.05. The molecule has 0 aliphatic carbocycles. The molecule has 2 heterocycles. The molecule has 0 bridgehead atoms. The first-order valence-corrected chi connectivity index (χ1v) is 8.00. The molecule has 90 valence electrons. The molecule has 0 aliphatic heterocycles. The van der Waals surface area contributed by atoms with Crippen LogP contribution in [0.15, 0.2) is 29.8 Å². The molecule has 0 saturated carbocycles. The largest absolute Gasteiger partial charge is 0.344 e. The van der Waals surface area contributed by atoms with Gasteiger partial charge in [0, 0.05) is 17.2 Å². The maximum Gasteiger partial charge on any atom is 0.219 e. The molecule has 0 unspecified atom stereocenters. The lowest BCUT2D eigenvalue weighted by atomic mass is 10.1. The Kier molecular flexibility index (Phi) is 4.39. The van der Waals surface area contributed by atoms with Gasteiger partial charge in [-0.05, 0) is 35.6 Å². The lowest BCUT2D eigenvalue weighted by Crippen LogP contribution is -2.10. The van der Waals surface area contributed by atoms with Gasteiger partial charge in [-0.3, -0.25) is 4.79 Å². The fourth-order valence-electron chi connectivity index (χ4n) is 1.84. The third-order valence-electron chi connectivity index (χ3n) is 2.72. The first-order valence-electron chi connectivity index (χ1n) is 5.60. The smallest absolute Gasteiger partial charge is 0.219 e. The minimum atomic E-state index is 0.159. The number of alkyl halides is 1. The van der Waals surface area contributed by atoms with Crippen LogP contribution in [-0.4, -0.2) is 14.8 Å². The van der Waals surface area contributed by atoms with E-state index in [2.05, 4.69) is 29.5 Å². The maximum atomic E-state index is 12.4. The van der Waals surface area contributed by atoms with Gasteiger partial charge in [-0.15, -0.1) is 11.3 Å². The average molecular weight is 359 g/mol. The number of aromatic nitrogens is 1. The van der Waals surface area contributed by atoms with E-state index in [-0.39, 0.29) is 5.78 Å². The molecule has 0 aromatic carbocycles. The van der Waals surface area contributed by atoms with Crippen molar-refractivity contribution in [3.05, 3.63) is 45.9 Å². The summed E-state index contributed by atoms with van der Waals surface area (Å²) in [6, 6.07) is 5.90. The summed E-state index contributed by atoms with van der Waals surface area (Å²) >= 11 is 3.87. The molecular formula is C13H14INOS. The monoisotopic (exact) mass is 359 g/mol. The number of nitrogens with zero attached hydrogens (tertiary/aromatic N) is 1. The van der Waals surface area contributed by atoms with E-state index >= 15 is 0 Å². The summed E-state index contributed by atoms with van der Waals surface area (Å²) in [5, 5.41) is 2.00. The van der Waals surface area contributed by atoms with Crippen LogP contribution in [0.3, 0.4) is 0 Å². The number of carbonyl (C=O) groups excluding carboxylic acids is 1. The molecule has 0 atom stereocenters. The highest BCUT2D eigenvalue weighted by atomic mass is 127. The maximum absolute atomic E-state index is 12.4. The van der Waals surface area contributed by atoms with E-state index in [4.69, 9.17) is 0 Å². The summed E-state index contributed by atoms with van der Waals surface area (Å²) in [7, 11) is 0. The second kappa shape index (κ2) is 5.82. The zero-order valence-electron chi connectivity index (χ0n) is 9.65. The number of halogens is 1. The number of carbonyl (C=O) groups is 1. The minimum Gasteiger partial charge on any atom is -0.344 e. The number of hydrogen-bond acceptors (Lipinski definition) is 2. The van der Waals surface area contributed by atoms with Crippen LogP contribution >= 0.6 is 33.9 Å². The molecule has 0 aliphatic rings. The zero-order valence-corrected chi connectivity index (χ0v) is 12.6. The van der Waals surface area contributed by atoms with E-state index < -0.39 is 0 Å². The molecule has 0 spiro atoms. The van der Waals surface area contributed by atoms with E-state index in [0.717, 1.165) is 33.5 Å². The molecule has 0 radical (unpaired) electrons. The Labute approximate surface area is 119 Å². The Morgan fingerprint density at radius 1 is 1.47 bits per heavy atom. The highest BCUT2D eigenvalue weighted by molar-refractivity contribution is 14.1. The molecule has 17 heavy (non-hydrogen) atoms. The minimum absolute atomic E-state index is 0.159. The lowest BCUT2D eigenvalue weighted by Gasteiger charge is -2.06. The molecule has 2 aromatic heterocycles. The topological polar surface area (TPSA) is 22.0 Å². The highest BCUT2D eigenvalue weighted by Gasteiger charge is 2.17. The fraction of sp³-hybridized carbons (Fsp3) is 0.308. The summed E-state index contributed by atoms with van der Waals surface area (Å²) in [4.78, 5) is 13.3. The third kappa shape index (κ3) is 2.63. The van der Waals surface area contributed by atoms with Gasteiger partial charge >= 0.3 is 0 Å². The zero-order chi connectivity index (χ0) is 12.3.